The third-order valence-electron chi connectivity index (χ3n) is 7.95. The van der Waals surface area contributed by atoms with Gasteiger partial charge in [0.25, 0.3) is 21.5 Å². The summed E-state index contributed by atoms with van der Waals surface area (Å²) in [6, 6.07) is 2.60. The Morgan fingerprint density at radius 3 is 2.15 bits per heavy atom. The van der Waals surface area contributed by atoms with Gasteiger partial charge in [0.1, 0.15) is 11.4 Å². The fourth-order valence-corrected chi connectivity index (χ4v) is 7.26. The van der Waals surface area contributed by atoms with E-state index in [1.165, 1.54) is 20.8 Å². The zero-order valence-electron chi connectivity index (χ0n) is 25.5. The number of sulfonamides is 1. The molecule has 19 heteroatoms. The van der Waals surface area contributed by atoms with Crippen LogP contribution in [0.25, 0.3) is 0 Å². The average molecular weight is 713 g/mol. The van der Waals surface area contributed by atoms with Gasteiger partial charge in [-0.2, -0.15) is 26.3 Å². The van der Waals surface area contributed by atoms with Gasteiger partial charge >= 0.3 is 18.4 Å². The quantitative estimate of drug-likeness (QED) is 0.230. The van der Waals surface area contributed by atoms with Crippen molar-refractivity contribution < 1.29 is 63.7 Å². The molecule has 1 saturated heterocycles. The Bertz CT molecular complexity index is 1700. The number of urea groups is 1. The molecule has 1 unspecified atom stereocenters. The molecule has 2 atom stereocenters. The number of carbonyl (C=O) groups is 3. The number of rotatable bonds is 9. The van der Waals surface area contributed by atoms with Crippen LogP contribution in [0.4, 0.5) is 41.2 Å². The minimum absolute atomic E-state index is 0.282. The van der Waals surface area contributed by atoms with Crippen LogP contribution in [0.15, 0.2) is 47.4 Å². The lowest BCUT2D eigenvalue weighted by atomic mass is 9.87. The zero-order chi connectivity index (χ0) is 36.3. The molecule has 0 aromatic heterocycles. The van der Waals surface area contributed by atoms with E-state index in [-0.39, 0.29) is 36.7 Å². The van der Waals surface area contributed by atoms with E-state index in [4.69, 9.17) is 0 Å². The van der Waals surface area contributed by atoms with Crippen molar-refractivity contribution in [2.45, 2.75) is 80.1 Å². The van der Waals surface area contributed by atoms with Gasteiger partial charge in [0, 0.05) is 18.5 Å². The number of benzene rings is 2. The first-order valence-corrected chi connectivity index (χ1v) is 15.7. The van der Waals surface area contributed by atoms with Crippen LogP contribution in [-0.2, 0) is 31.6 Å². The highest BCUT2D eigenvalue weighted by Crippen LogP contribution is 2.51. The average Bonchev–Trinajstić information content (AvgIpc) is 3.16. The molecule has 2 aromatic rings. The molecule has 2 aliphatic heterocycles. The van der Waals surface area contributed by atoms with Gasteiger partial charge in [-0.3, -0.25) is 18.8 Å². The topological polar surface area (TPSA) is 156 Å². The summed E-state index contributed by atoms with van der Waals surface area (Å²) in [5, 5.41) is 24.8. The normalized spacial score (nSPS) is 20.9. The Hall–Kier alpha value is -3.97. The predicted molar refractivity (Wildman–Crippen MR) is 153 cm³/mol. The summed E-state index contributed by atoms with van der Waals surface area (Å²) in [4.78, 5) is 38.7. The Morgan fingerprint density at radius 1 is 1.02 bits per heavy atom. The zero-order valence-corrected chi connectivity index (χ0v) is 26.4. The monoisotopic (exact) mass is 712 g/mol. The summed E-state index contributed by atoms with van der Waals surface area (Å²) in [6.45, 7) is 3.22. The molecule has 4 amide bonds. The van der Waals surface area contributed by atoms with Gasteiger partial charge in [0.15, 0.2) is 0 Å². The fraction of sp³-hybridized carbons (Fsp3) is 0.483. The summed E-state index contributed by atoms with van der Waals surface area (Å²) in [5.41, 5.74) is -10.7. The minimum atomic E-state index is -6.20. The van der Waals surface area contributed by atoms with Crippen molar-refractivity contribution in [3.63, 3.8) is 0 Å². The molecule has 2 heterocycles. The fourth-order valence-electron chi connectivity index (χ4n) is 5.54. The maximum absolute atomic E-state index is 13.8. The minimum Gasteiger partial charge on any atom is -0.389 e. The molecular formula is C29H31F7N4O7S. The number of β-amino-alcohol motifs (C(OH)–C–C–N with tert-alkyl or cyclic N) is 1. The van der Waals surface area contributed by atoms with Gasteiger partial charge in [-0.15, -0.1) is 0 Å². The SMILES string of the molecule is CC(C)(O)CN1C(=O)NC(C)(CNC(=O)C[C@@H]2CCc3cc(C(O)(C(F)(F)F)C(F)(F)F)ccc3N2S(=O)(=O)c2ccc(F)cc2)C1=O. The molecule has 2 aliphatic rings. The predicted octanol–water partition coefficient (Wildman–Crippen LogP) is 3.24. The summed E-state index contributed by atoms with van der Waals surface area (Å²) >= 11 is 0. The lowest BCUT2D eigenvalue weighted by molar-refractivity contribution is -0.376. The van der Waals surface area contributed by atoms with Gasteiger partial charge in [0.05, 0.1) is 28.8 Å². The second-order valence-electron chi connectivity index (χ2n) is 12.4. The number of nitrogens with zero attached hydrogens (tertiary/aromatic N) is 2. The lowest BCUT2D eigenvalue weighted by Gasteiger charge is -2.39. The standard InChI is InChI=1S/C29H31F7N4O7S/c1-25(2,44)15-39-23(42)26(3,38-24(39)43)14-37-22(41)13-19-8-4-16-12-17(27(45,28(31,32)33)29(34,35)36)5-11-21(16)40(19)48(46,47)20-9-6-18(30)7-10-20/h5-7,9-12,19,44-45H,4,8,13-15H2,1-3H3,(H,37,41)(H,38,43)/t19-,26?/m0/s1. The molecule has 11 nitrogen and oxygen atoms in total. The molecule has 0 aliphatic carbocycles. The van der Waals surface area contributed by atoms with Crippen LogP contribution in [0, 0.1) is 5.82 Å². The number of carbonyl (C=O) groups excluding carboxylic acids is 3. The molecular weight excluding hydrogens is 681 g/mol. The number of imide groups is 1. The van der Waals surface area contributed by atoms with Crippen molar-refractivity contribution in [1.82, 2.24) is 15.5 Å². The van der Waals surface area contributed by atoms with Crippen LogP contribution < -0.4 is 14.9 Å². The molecule has 48 heavy (non-hydrogen) atoms. The first-order valence-electron chi connectivity index (χ1n) is 14.2. The number of anilines is 1. The molecule has 4 rings (SSSR count). The smallest absolute Gasteiger partial charge is 0.389 e. The molecule has 0 saturated carbocycles. The highest BCUT2D eigenvalue weighted by atomic mass is 32.2. The first-order chi connectivity index (χ1) is 21.8. The lowest BCUT2D eigenvalue weighted by Crippen LogP contribution is -2.54. The maximum Gasteiger partial charge on any atom is 0.430 e. The van der Waals surface area contributed by atoms with E-state index >= 15 is 0 Å². The van der Waals surface area contributed by atoms with Gasteiger partial charge < -0.3 is 20.8 Å². The van der Waals surface area contributed by atoms with E-state index in [2.05, 4.69) is 10.6 Å². The first kappa shape index (κ1) is 36.9. The molecule has 0 radical (unpaired) electrons. The van der Waals surface area contributed by atoms with Crippen molar-refractivity contribution >= 4 is 33.6 Å². The van der Waals surface area contributed by atoms with Gasteiger partial charge in [0.2, 0.25) is 5.91 Å². The van der Waals surface area contributed by atoms with Crippen LogP contribution in [0.1, 0.15) is 44.7 Å². The molecule has 2 aromatic carbocycles. The van der Waals surface area contributed by atoms with Gasteiger partial charge in [-0.05, 0) is 69.5 Å². The number of aryl methyl sites for hydroxylation is 1. The van der Waals surface area contributed by atoms with Crippen LogP contribution in [0.2, 0.25) is 0 Å². The molecule has 1 fully saturated rings. The Morgan fingerprint density at radius 2 is 1.60 bits per heavy atom. The van der Waals surface area contributed by atoms with Crippen molar-refractivity contribution in [2.75, 3.05) is 17.4 Å². The third-order valence-corrected chi connectivity index (χ3v) is 9.84. The molecule has 0 bridgehead atoms. The van der Waals surface area contributed by atoms with Crippen LogP contribution in [0.3, 0.4) is 0 Å². The van der Waals surface area contributed by atoms with Crippen molar-refractivity contribution in [3.8, 4) is 0 Å². The van der Waals surface area contributed by atoms with Crippen molar-refractivity contribution in [3.05, 3.63) is 59.4 Å². The number of nitrogens with one attached hydrogen (secondary N) is 2. The van der Waals surface area contributed by atoms with E-state index in [1.807, 2.05) is 0 Å². The van der Waals surface area contributed by atoms with E-state index in [9.17, 15) is 63.7 Å². The molecule has 0 spiro atoms. The van der Waals surface area contributed by atoms with Crippen molar-refractivity contribution in [1.29, 1.82) is 0 Å². The highest BCUT2D eigenvalue weighted by Gasteiger charge is 2.71. The Balaban J connectivity index is 1.66. The highest BCUT2D eigenvalue weighted by molar-refractivity contribution is 7.92. The Kier molecular flexibility index (Phi) is 9.35. The van der Waals surface area contributed by atoms with E-state index in [0.717, 1.165) is 29.2 Å². The number of halogens is 7. The number of aliphatic hydroxyl groups is 2. The summed E-state index contributed by atoms with van der Waals surface area (Å²) in [7, 11) is -4.74. The van der Waals surface area contributed by atoms with Gasteiger partial charge in [-0.1, -0.05) is 12.1 Å². The van der Waals surface area contributed by atoms with E-state index in [1.54, 1.807) is 0 Å². The number of hydrogen-bond donors (Lipinski definition) is 4. The molecule has 264 valence electrons. The maximum atomic E-state index is 13.8. The summed E-state index contributed by atoms with van der Waals surface area (Å²) in [5.74, 6) is -2.42. The second-order valence-corrected chi connectivity index (χ2v) is 14.3. The number of amides is 4. The summed E-state index contributed by atoms with van der Waals surface area (Å²) in [6.07, 6.45) is -13.6. The van der Waals surface area contributed by atoms with Crippen molar-refractivity contribution in [2.24, 2.45) is 0 Å². The molecule has 4 N–H and O–H groups in total. The Labute approximate surface area is 269 Å². The number of hydrogen-bond acceptors (Lipinski definition) is 7. The number of fused-ring (bicyclic) bond motifs is 1. The number of alkyl halides is 6. The third kappa shape index (κ3) is 6.80. The van der Waals surface area contributed by atoms with E-state index in [0.29, 0.717) is 16.4 Å². The van der Waals surface area contributed by atoms with Crippen LogP contribution >= 0.6 is 0 Å². The van der Waals surface area contributed by atoms with E-state index < -0.39 is 92.2 Å². The van der Waals surface area contributed by atoms with Crippen LogP contribution in [-0.4, -0.2) is 84.0 Å². The van der Waals surface area contributed by atoms with Gasteiger partial charge in [-0.25, -0.2) is 17.6 Å². The van der Waals surface area contributed by atoms with Crippen LogP contribution in [0.5, 0.6) is 0 Å². The second kappa shape index (κ2) is 12.2. The summed E-state index contributed by atoms with van der Waals surface area (Å²) < 4.78 is 123. The largest absolute Gasteiger partial charge is 0.430 e.